The molecule has 244 valence electrons. The molecule has 6 heterocycles. The summed E-state index contributed by atoms with van der Waals surface area (Å²) in [7, 11) is -2.90. The maximum atomic E-state index is 15.7. The number of halogens is 2. The molecule has 45 heavy (non-hydrogen) atoms. The van der Waals surface area contributed by atoms with Gasteiger partial charge in [-0.05, 0) is 23.6 Å². The van der Waals surface area contributed by atoms with Crippen molar-refractivity contribution in [2.45, 2.75) is 49.2 Å². The first-order valence-electron chi connectivity index (χ1n) is 12.6. The van der Waals surface area contributed by atoms with E-state index >= 15 is 8.78 Å². The third-order valence-corrected chi connectivity index (χ3v) is 9.05. The van der Waals surface area contributed by atoms with Crippen LogP contribution in [0.4, 0.5) is 20.5 Å². The van der Waals surface area contributed by atoms with Crippen molar-refractivity contribution >= 4 is 71.6 Å². The molecule has 4 aromatic heterocycles. The number of rotatable bonds is 10. The van der Waals surface area contributed by atoms with E-state index in [1.165, 1.54) is 0 Å². The van der Waals surface area contributed by atoms with Crippen molar-refractivity contribution in [2.75, 3.05) is 24.7 Å². The predicted octanol–water partition coefficient (Wildman–Crippen LogP) is -2.12. The number of ether oxygens (including phenoxy) is 2. The number of hydrogen-bond donors (Lipinski definition) is 6. The number of fused-ring (bicyclic) bond motifs is 2. The highest BCUT2D eigenvalue weighted by atomic mass is 32.5. The third kappa shape index (κ3) is 6.06. The van der Waals surface area contributed by atoms with E-state index in [0.29, 0.717) is 0 Å². The van der Waals surface area contributed by atoms with Gasteiger partial charge < -0.3 is 44.9 Å². The zero-order valence-corrected chi connectivity index (χ0v) is 25.6. The van der Waals surface area contributed by atoms with E-state index < -0.39 is 81.9 Å². The minimum atomic E-state index is -4.45. The Labute approximate surface area is 258 Å². The van der Waals surface area contributed by atoms with Gasteiger partial charge in [0.1, 0.15) is 30.7 Å². The summed E-state index contributed by atoms with van der Waals surface area (Å²) in [5, 5.41) is 24.8. The Balaban J connectivity index is 1.22. The van der Waals surface area contributed by atoms with Crippen LogP contribution < -0.4 is 17.0 Å². The van der Waals surface area contributed by atoms with Gasteiger partial charge in [0.05, 0.1) is 13.2 Å². The minimum absolute atomic E-state index is 0.0226. The number of nitrogen functional groups attached to an aromatic ring is 2. The molecule has 2 unspecified atom stereocenters. The molecule has 6 rings (SSSR count). The number of nitrogens with one attached hydrogen (secondary N) is 1. The molecule has 0 saturated carbocycles. The second kappa shape index (κ2) is 12.4. The average molecular weight is 715 g/mol. The molecule has 10 atom stereocenters. The third-order valence-electron chi connectivity index (χ3n) is 6.73. The molecule has 0 aliphatic carbocycles. The summed E-state index contributed by atoms with van der Waals surface area (Å²) >= 11 is 9.83. The number of alkyl halides is 2. The number of nitrogens with two attached hydrogens (primary N) is 2. The van der Waals surface area contributed by atoms with Gasteiger partial charge in [-0.15, -0.1) is 10.2 Å². The van der Waals surface area contributed by atoms with Gasteiger partial charge in [-0.2, -0.15) is 14.3 Å². The van der Waals surface area contributed by atoms with Gasteiger partial charge in [0.25, 0.3) is 5.56 Å². The summed E-state index contributed by atoms with van der Waals surface area (Å²) in [6, 6.07) is 0. The lowest BCUT2D eigenvalue weighted by Crippen LogP contribution is -2.34. The molecule has 0 aromatic carbocycles. The lowest BCUT2D eigenvalue weighted by Gasteiger charge is -2.26. The molecule has 0 amide bonds. The van der Waals surface area contributed by atoms with Gasteiger partial charge >= 0.3 is 6.72 Å². The first-order chi connectivity index (χ1) is 21.4. The van der Waals surface area contributed by atoms with Crippen LogP contribution in [0.1, 0.15) is 12.5 Å². The van der Waals surface area contributed by atoms with E-state index in [4.69, 9.17) is 58.1 Å². The van der Waals surface area contributed by atoms with E-state index in [2.05, 4.69) is 40.6 Å². The van der Waals surface area contributed by atoms with Crippen molar-refractivity contribution in [2.24, 2.45) is 0 Å². The first-order valence-corrected chi connectivity index (χ1v) is 17.6. The maximum Gasteiger partial charge on any atom is 0.325 e. The van der Waals surface area contributed by atoms with Gasteiger partial charge in [-0.1, -0.05) is 10.4 Å². The summed E-state index contributed by atoms with van der Waals surface area (Å²) in [5.41, 5.74) is 10.2. The minimum Gasteiger partial charge on any atom is -0.394 e. The fraction of sp³-hybridized carbons (Fsp3) is 0.556. The summed E-state index contributed by atoms with van der Waals surface area (Å²) in [6.45, 7) is -5.97. The number of nitrogens with zero attached hydrogens (tertiary/aromatic N) is 9. The van der Waals surface area contributed by atoms with Crippen molar-refractivity contribution in [3.8, 4) is 0 Å². The predicted molar refractivity (Wildman–Crippen MR) is 153 cm³/mol. The fourth-order valence-electron chi connectivity index (χ4n) is 4.77. The monoisotopic (exact) mass is 714 g/mol. The van der Waals surface area contributed by atoms with Crippen molar-refractivity contribution < 1.29 is 46.7 Å². The average Bonchev–Trinajstić information content (AvgIpc) is 3.73. The zero-order chi connectivity index (χ0) is 32.2. The quantitative estimate of drug-likeness (QED) is 0.0957. The number of aliphatic hydroxyl groups excluding tert-OH is 1. The summed E-state index contributed by atoms with van der Waals surface area (Å²) in [4.78, 5) is 46.8. The van der Waals surface area contributed by atoms with E-state index in [-0.39, 0.29) is 34.1 Å². The number of aromatic amines is 1. The van der Waals surface area contributed by atoms with Crippen LogP contribution in [0.2, 0.25) is 0 Å². The Morgan fingerprint density at radius 2 is 1.76 bits per heavy atom. The highest BCUT2D eigenvalue weighted by Gasteiger charge is 2.52. The number of anilines is 2. The topological polar surface area (TPSA) is 292 Å². The molecule has 2 aliphatic heterocycles. The van der Waals surface area contributed by atoms with Crippen LogP contribution in [0.5, 0.6) is 0 Å². The largest absolute Gasteiger partial charge is 0.394 e. The molecule has 8 N–H and O–H groups in total. The van der Waals surface area contributed by atoms with Crippen LogP contribution in [0.3, 0.4) is 0 Å². The zero-order valence-electron chi connectivity index (χ0n) is 22.1. The number of aromatic nitrogens is 10. The van der Waals surface area contributed by atoms with Crippen LogP contribution in [-0.4, -0.2) is 115 Å². The van der Waals surface area contributed by atoms with Gasteiger partial charge in [0.15, 0.2) is 60.1 Å². The van der Waals surface area contributed by atoms with E-state index in [0.717, 1.165) is 15.7 Å². The molecule has 2 aliphatic rings. The highest BCUT2D eigenvalue weighted by Crippen LogP contribution is 2.51. The van der Waals surface area contributed by atoms with Gasteiger partial charge in [-0.3, -0.25) is 14.3 Å². The Hall–Kier alpha value is -2.80. The molecular formula is C18H22F2N12O9P2S2. The van der Waals surface area contributed by atoms with Crippen LogP contribution in [0.15, 0.2) is 11.1 Å². The standard InChI is InChI=1S/C18H22F2N12O9P2S2/c19-6-4(1-33)38-17(32-14-9(28-30-32)15(34)26-18(22)25-14)11(6)41-43(36,45)37-2-5-10(40-42(35)44)7(20)16(39-5)31-13-8(27-29-31)12(21)23-3-24-13/h3-7,10-11,16-17,33,42H,1-2H2,(H,35,44)(H,36,45)(H2,21,23,24)(H3,22,25,26,34)/t4-,5-,6-,7+,10-,11-,16-,17-,43?/m1/s1. The molecule has 4 aromatic rings. The maximum absolute atomic E-state index is 15.7. The summed E-state index contributed by atoms with van der Waals surface area (Å²) in [5.74, 6) is -0.331. The first kappa shape index (κ1) is 32.2. The van der Waals surface area contributed by atoms with Crippen LogP contribution in [0.25, 0.3) is 22.3 Å². The Morgan fingerprint density at radius 3 is 2.47 bits per heavy atom. The number of hydrogen-bond acceptors (Lipinski definition) is 18. The smallest absolute Gasteiger partial charge is 0.325 e. The lowest BCUT2D eigenvalue weighted by atomic mass is 10.1. The van der Waals surface area contributed by atoms with Crippen molar-refractivity contribution in [3.63, 3.8) is 0 Å². The molecule has 0 radical (unpaired) electrons. The molecule has 21 nitrogen and oxygen atoms in total. The number of H-pyrrole nitrogens is 1. The van der Waals surface area contributed by atoms with E-state index in [9.17, 15) is 19.7 Å². The highest BCUT2D eigenvalue weighted by molar-refractivity contribution is 8.07. The van der Waals surface area contributed by atoms with E-state index in [1.807, 2.05) is 0 Å². The van der Waals surface area contributed by atoms with Gasteiger partial charge in [0, 0.05) is 0 Å². The van der Waals surface area contributed by atoms with Crippen LogP contribution in [-0.2, 0) is 46.7 Å². The lowest BCUT2D eigenvalue weighted by molar-refractivity contribution is -0.0602. The second-order valence-corrected chi connectivity index (χ2v) is 14.1. The van der Waals surface area contributed by atoms with Gasteiger partial charge in [0.2, 0.25) is 5.95 Å². The van der Waals surface area contributed by atoms with E-state index in [1.54, 1.807) is 0 Å². The van der Waals surface area contributed by atoms with Crippen molar-refractivity contribution in [1.29, 1.82) is 0 Å². The molecule has 2 saturated heterocycles. The fourth-order valence-corrected chi connectivity index (χ4v) is 7.02. The van der Waals surface area contributed by atoms with Crippen LogP contribution >= 0.6 is 13.9 Å². The Kier molecular flexibility index (Phi) is 8.88. The van der Waals surface area contributed by atoms with Crippen molar-refractivity contribution in [3.05, 3.63) is 16.7 Å². The molecule has 0 spiro atoms. The van der Waals surface area contributed by atoms with Crippen molar-refractivity contribution in [1.82, 2.24) is 49.9 Å². The Morgan fingerprint density at radius 1 is 1.07 bits per heavy atom. The molecule has 27 heteroatoms. The summed E-state index contributed by atoms with van der Waals surface area (Å²) < 4.78 is 60.3. The normalized spacial score (nSPS) is 30.7. The van der Waals surface area contributed by atoms with Gasteiger partial charge in [-0.25, -0.2) is 18.7 Å². The SMILES string of the molecule is Nc1nc2c(nnn2[C@@H]2O[C@H](CO)[C@@H](F)[C@H]2OP(O)(=S)OC[C@H]2O[C@@H](n3nnc4c(N)ncnc43)[C@@H](F)[C@@H]2O[PH](O)=S)c(=O)[nH]1. The summed E-state index contributed by atoms with van der Waals surface area (Å²) in [6.07, 6.45) is -12.3. The Bertz CT molecular complexity index is 1870. The van der Waals surface area contributed by atoms with Crippen LogP contribution in [0, 0.1) is 0 Å². The molecule has 0 bridgehead atoms. The molecule has 2 fully saturated rings. The second-order valence-electron chi connectivity index (χ2n) is 9.51. The molecular weight excluding hydrogens is 692 g/mol. The number of aliphatic hydroxyl groups is 1.